The third-order valence-electron chi connectivity index (χ3n) is 4.82. The Morgan fingerprint density at radius 1 is 1.16 bits per heavy atom. The smallest absolute Gasteiger partial charge is 0.271 e. The van der Waals surface area contributed by atoms with Crippen molar-refractivity contribution in [2.24, 2.45) is 0 Å². The molecular weight excluding hydrogens is 476 g/mol. The van der Waals surface area contributed by atoms with Crippen LogP contribution in [0.4, 0.5) is 13.9 Å². The van der Waals surface area contributed by atoms with Gasteiger partial charge in [-0.3, -0.25) is 10.1 Å². The van der Waals surface area contributed by atoms with E-state index in [1.807, 2.05) is 12.1 Å². The van der Waals surface area contributed by atoms with Crippen LogP contribution >= 0.6 is 34.9 Å². The summed E-state index contributed by atoms with van der Waals surface area (Å²) in [4.78, 5) is 18.0. The van der Waals surface area contributed by atoms with E-state index >= 15 is 0 Å². The van der Waals surface area contributed by atoms with Crippen molar-refractivity contribution in [2.75, 3.05) is 18.4 Å². The van der Waals surface area contributed by atoms with E-state index in [0.717, 1.165) is 41.5 Å². The number of rotatable bonds is 7. The van der Waals surface area contributed by atoms with Crippen LogP contribution in [0.3, 0.4) is 0 Å². The van der Waals surface area contributed by atoms with Gasteiger partial charge >= 0.3 is 0 Å². The summed E-state index contributed by atoms with van der Waals surface area (Å²) < 4.78 is 35.9. The van der Waals surface area contributed by atoms with Crippen LogP contribution in [0, 0.1) is 11.6 Å². The second kappa shape index (κ2) is 10.6. The van der Waals surface area contributed by atoms with Crippen LogP contribution in [-0.2, 0) is 4.79 Å². The first-order valence-electron chi connectivity index (χ1n) is 10.0. The zero-order valence-electron chi connectivity index (χ0n) is 16.9. The van der Waals surface area contributed by atoms with E-state index in [0.29, 0.717) is 21.1 Å². The molecule has 5 nitrogen and oxygen atoms in total. The number of nitrogens with zero attached hydrogens (tertiary/aromatic N) is 2. The molecule has 0 saturated carbocycles. The fraction of sp³-hybridized carbons (Fsp3) is 0.273. The normalized spacial score (nSPS) is 15.3. The molecule has 0 aliphatic carbocycles. The van der Waals surface area contributed by atoms with E-state index in [1.54, 1.807) is 24.1 Å². The third-order valence-corrected chi connectivity index (χ3v) is 6.95. The second-order valence-corrected chi connectivity index (χ2v) is 10.0. The van der Waals surface area contributed by atoms with Crippen LogP contribution in [0.5, 0.6) is 5.75 Å². The molecule has 2 aromatic carbocycles. The molecule has 1 amide bonds. The number of ether oxygens (including phenoxy) is 1. The summed E-state index contributed by atoms with van der Waals surface area (Å²) >= 11 is 8.66. The third kappa shape index (κ3) is 5.98. The van der Waals surface area contributed by atoms with Crippen LogP contribution in [0.15, 0.2) is 53.6 Å². The topological polar surface area (TPSA) is 54.5 Å². The molecule has 0 radical (unpaired) electrons. The summed E-state index contributed by atoms with van der Waals surface area (Å²) in [6.45, 7) is 2.08. The van der Waals surface area contributed by atoms with Gasteiger partial charge in [-0.25, -0.2) is 18.1 Å². The molecule has 1 unspecified atom stereocenters. The summed E-state index contributed by atoms with van der Waals surface area (Å²) in [7, 11) is 0. The molecule has 1 atom stereocenters. The van der Waals surface area contributed by atoms with Gasteiger partial charge in [0.05, 0.1) is 6.20 Å². The maximum atomic E-state index is 14.2. The number of halogens is 3. The number of hydrogen-bond acceptors (Lipinski definition) is 6. The lowest BCUT2D eigenvalue weighted by molar-refractivity contribution is -0.123. The van der Waals surface area contributed by atoms with Crippen LogP contribution in [0.2, 0.25) is 4.34 Å². The highest BCUT2D eigenvalue weighted by molar-refractivity contribution is 7.97. The molecule has 3 aromatic rings. The van der Waals surface area contributed by atoms with Crippen molar-refractivity contribution in [3.8, 4) is 5.75 Å². The number of amides is 1. The van der Waals surface area contributed by atoms with Gasteiger partial charge in [0.25, 0.3) is 5.91 Å². The number of nitrogens with one attached hydrogen (secondary N) is 1. The first-order chi connectivity index (χ1) is 15.5. The van der Waals surface area contributed by atoms with Crippen LogP contribution in [-0.4, -0.2) is 28.3 Å². The molecule has 10 heteroatoms. The van der Waals surface area contributed by atoms with Gasteiger partial charge in [0.15, 0.2) is 16.7 Å². The van der Waals surface area contributed by atoms with E-state index < -0.39 is 23.6 Å². The van der Waals surface area contributed by atoms with E-state index in [4.69, 9.17) is 16.3 Å². The minimum Gasteiger partial charge on any atom is -0.473 e. The van der Waals surface area contributed by atoms with Crippen molar-refractivity contribution in [3.05, 3.63) is 70.2 Å². The number of piperidine rings is 1. The monoisotopic (exact) mass is 495 g/mol. The Hall–Kier alpha value is -2.20. The lowest BCUT2D eigenvalue weighted by Gasteiger charge is -2.25. The van der Waals surface area contributed by atoms with E-state index in [2.05, 4.69) is 14.6 Å². The summed E-state index contributed by atoms with van der Waals surface area (Å²) in [6, 6.07) is 10.3. The van der Waals surface area contributed by atoms with Crippen molar-refractivity contribution >= 4 is 45.9 Å². The van der Waals surface area contributed by atoms with Crippen LogP contribution < -0.4 is 10.1 Å². The molecule has 0 bridgehead atoms. The summed E-state index contributed by atoms with van der Waals surface area (Å²) in [5, 5.41) is 2.94. The van der Waals surface area contributed by atoms with Gasteiger partial charge in [0.1, 0.15) is 10.2 Å². The Kier molecular flexibility index (Phi) is 7.62. The van der Waals surface area contributed by atoms with Crippen molar-refractivity contribution in [1.29, 1.82) is 0 Å². The van der Waals surface area contributed by atoms with E-state index in [1.165, 1.54) is 25.5 Å². The van der Waals surface area contributed by atoms with Gasteiger partial charge in [0, 0.05) is 29.6 Å². The zero-order valence-corrected chi connectivity index (χ0v) is 19.3. The molecule has 32 heavy (non-hydrogen) atoms. The molecular formula is C22H20ClF2N3O2S2. The van der Waals surface area contributed by atoms with Crippen molar-refractivity contribution in [3.63, 3.8) is 0 Å². The first-order valence-corrected chi connectivity index (χ1v) is 12.0. The fourth-order valence-electron chi connectivity index (χ4n) is 3.26. The molecule has 168 valence electrons. The number of anilines is 1. The molecule has 1 aliphatic heterocycles. The van der Waals surface area contributed by atoms with Gasteiger partial charge in [-0.05, 0) is 49.1 Å². The molecule has 1 aromatic heterocycles. The second-order valence-electron chi connectivity index (χ2n) is 7.18. The van der Waals surface area contributed by atoms with Gasteiger partial charge in [-0.2, -0.15) is 0 Å². The number of thiazole rings is 1. The quantitative estimate of drug-likeness (QED) is 0.388. The van der Waals surface area contributed by atoms with Crippen LogP contribution in [0.25, 0.3) is 0 Å². The molecule has 2 heterocycles. The zero-order chi connectivity index (χ0) is 22.5. The number of benzene rings is 2. The van der Waals surface area contributed by atoms with Gasteiger partial charge < -0.3 is 4.74 Å². The Morgan fingerprint density at radius 3 is 2.56 bits per heavy atom. The fourth-order valence-corrected chi connectivity index (χ4v) is 5.07. The summed E-state index contributed by atoms with van der Waals surface area (Å²) in [5.74, 6) is -2.39. The summed E-state index contributed by atoms with van der Waals surface area (Å²) in [6.07, 6.45) is 3.88. The van der Waals surface area contributed by atoms with Gasteiger partial charge in [0.2, 0.25) is 6.10 Å². The highest BCUT2D eigenvalue weighted by Gasteiger charge is 2.25. The predicted octanol–water partition coefficient (Wildman–Crippen LogP) is 6.33. The number of hydrogen-bond donors (Lipinski definition) is 1. The Morgan fingerprint density at radius 2 is 1.91 bits per heavy atom. The molecule has 1 saturated heterocycles. The molecule has 1 aliphatic rings. The molecule has 4 rings (SSSR count). The first kappa shape index (κ1) is 23.0. The number of carbonyl (C=O) groups is 1. The van der Waals surface area contributed by atoms with Gasteiger partial charge in [-0.1, -0.05) is 41.5 Å². The van der Waals surface area contributed by atoms with Crippen molar-refractivity contribution in [1.82, 2.24) is 9.29 Å². The SMILES string of the molecule is O=C(Nc1ncc(Cl)s1)C(Oc1ccc(F)cc1F)c1ccc(SN2CCCCC2)cc1. The summed E-state index contributed by atoms with van der Waals surface area (Å²) in [5.41, 5.74) is 0.525. The van der Waals surface area contributed by atoms with Crippen molar-refractivity contribution < 1.29 is 18.3 Å². The number of aromatic nitrogens is 1. The predicted molar refractivity (Wildman–Crippen MR) is 123 cm³/mol. The minimum absolute atomic E-state index is 0.226. The highest BCUT2D eigenvalue weighted by atomic mass is 35.5. The largest absolute Gasteiger partial charge is 0.473 e. The van der Waals surface area contributed by atoms with E-state index in [-0.39, 0.29) is 5.75 Å². The average Bonchev–Trinajstić information content (AvgIpc) is 3.19. The molecule has 1 N–H and O–H groups in total. The van der Waals surface area contributed by atoms with E-state index in [9.17, 15) is 13.6 Å². The maximum Gasteiger partial charge on any atom is 0.271 e. The Labute approximate surface area is 197 Å². The van der Waals surface area contributed by atoms with Crippen LogP contribution in [0.1, 0.15) is 30.9 Å². The standard InChI is InChI=1S/C22H20ClF2N3O2S2/c23-19-13-26-22(31-19)27-21(29)20(30-18-9-6-15(24)12-17(18)25)14-4-7-16(8-5-14)32-28-10-2-1-3-11-28/h4-9,12-13,20H,1-3,10-11H2,(H,26,27,29). The lowest BCUT2D eigenvalue weighted by Crippen LogP contribution is -2.26. The molecule has 1 fully saturated rings. The average molecular weight is 496 g/mol. The minimum atomic E-state index is -1.17. The molecule has 0 spiro atoms. The highest BCUT2D eigenvalue weighted by Crippen LogP contribution is 2.31. The Bertz CT molecular complexity index is 1080. The van der Waals surface area contributed by atoms with Crippen molar-refractivity contribution in [2.45, 2.75) is 30.3 Å². The lowest BCUT2D eigenvalue weighted by atomic mass is 10.1. The van der Waals surface area contributed by atoms with Gasteiger partial charge in [-0.15, -0.1) is 0 Å². The number of carbonyl (C=O) groups excluding carboxylic acids is 1. The maximum absolute atomic E-state index is 14.2. The Balaban J connectivity index is 1.55.